The number of hydrogen-bond donors (Lipinski definition) is 3. The number of esters is 1. The van der Waals surface area contributed by atoms with E-state index in [4.69, 9.17) is 4.74 Å². The maximum Gasteiger partial charge on any atom is 0.306 e. The van der Waals surface area contributed by atoms with Gasteiger partial charge >= 0.3 is 5.97 Å². The fourth-order valence-corrected chi connectivity index (χ4v) is 8.54. The molecule has 0 aliphatic carbocycles. The topological polar surface area (TPSA) is 95.9 Å². The van der Waals surface area contributed by atoms with Crippen LogP contribution in [0.15, 0.2) is 24.3 Å². The van der Waals surface area contributed by atoms with Crippen LogP contribution in [0, 0.1) is 0 Å². The molecular formula is C56H107NO5. The molecule has 0 saturated carbocycles. The van der Waals surface area contributed by atoms with Crippen molar-refractivity contribution in [3.63, 3.8) is 0 Å². The molecule has 6 nitrogen and oxygen atoms in total. The average Bonchev–Trinajstić information content (AvgIpc) is 3.26. The van der Waals surface area contributed by atoms with E-state index < -0.39 is 18.2 Å². The molecule has 0 aliphatic heterocycles. The molecule has 0 heterocycles. The number of carbonyl (C=O) groups excluding carboxylic acids is 2. The highest BCUT2D eigenvalue weighted by atomic mass is 16.5. The van der Waals surface area contributed by atoms with E-state index in [9.17, 15) is 19.8 Å². The summed E-state index contributed by atoms with van der Waals surface area (Å²) < 4.78 is 5.93. The van der Waals surface area contributed by atoms with Crippen molar-refractivity contribution in [1.82, 2.24) is 5.32 Å². The van der Waals surface area contributed by atoms with Crippen LogP contribution < -0.4 is 5.32 Å². The number of aliphatic hydroxyl groups is 2. The fourth-order valence-electron chi connectivity index (χ4n) is 8.54. The van der Waals surface area contributed by atoms with Gasteiger partial charge in [0.2, 0.25) is 5.91 Å². The van der Waals surface area contributed by atoms with Crippen molar-refractivity contribution < 1.29 is 24.5 Å². The highest BCUT2D eigenvalue weighted by Crippen LogP contribution is 2.18. The van der Waals surface area contributed by atoms with Gasteiger partial charge < -0.3 is 20.3 Å². The number of aliphatic hydroxyl groups excluding tert-OH is 2. The van der Waals surface area contributed by atoms with Gasteiger partial charge in [-0.2, -0.15) is 0 Å². The monoisotopic (exact) mass is 874 g/mol. The van der Waals surface area contributed by atoms with Crippen LogP contribution in [0.4, 0.5) is 0 Å². The molecule has 0 aromatic rings. The number of rotatable bonds is 50. The number of amides is 1. The van der Waals surface area contributed by atoms with Gasteiger partial charge in [0, 0.05) is 6.42 Å². The Hall–Kier alpha value is -1.66. The summed E-state index contributed by atoms with van der Waals surface area (Å²) >= 11 is 0. The van der Waals surface area contributed by atoms with Crippen LogP contribution in [0.2, 0.25) is 0 Å². The third-order valence-electron chi connectivity index (χ3n) is 12.8. The molecule has 366 valence electrons. The third-order valence-corrected chi connectivity index (χ3v) is 12.8. The minimum atomic E-state index is -0.790. The first-order valence-corrected chi connectivity index (χ1v) is 27.6. The first kappa shape index (κ1) is 60.3. The Morgan fingerprint density at radius 1 is 0.452 bits per heavy atom. The average molecular weight is 874 g/mol. The Morgan fingerprint density at radius 3 is 1.19 bits per heavy atom. The molecule has 0 saturated heterocycles. The molecule has 0 spiro atoms. The lowest BCUT2D eigenvalue weighted by atomic mass is 10.0. The molecule has 62 heavy (non-hydrogen) atoms. The summed E-state index contributed by atoms with van der Waals surface area (Å²) in [4.78, 5) is 26.2. The lowest BCUT2D eigenvalue weighted by Gasteiger charge is -2.24. The predicted molar refractivity (Wildman–Crippen MR) is 269 cm³/mol. The van der Waals surface area contributed by atoms with Crippen molar-refractivity contribution in [2.45, 2.75) is 315 Å². The van der Waals surface area contributed by atoms with Gasteiger partial charge in [-0.1, -0.05) is 231 Å². The first-order chi connectivity index (χ1) is 30.5. The number of nitrogens with one attached hydrogen (secondary N) is 1. The van der Waals surface area contributed by atoms with Crippen LogP contribution in [-0.4, -0.2) is 46.9 Å². The highest BCUT2D eigenvalue weighted by molar-refractivity contribution is 5.77. The largest absolute Gasteiger partial charge is 0.462 e. The van der Waals surface area contributed by atoms with Crippen molar-refractivity contribution in [1.29, 1.82) is 0 Å². The van der Waals surface area contributed by atoms with Crippen molar-refractivity contribution in [3.8, 4) is 0 Å². The summed E-state index contributed by atoms with van der Waals surface area (Å²) in [6, 6.07) is -0.704. The molecule has 0 radical (unpaired) electrons. The molecule has 0 aliphatic rings. The second-order valence-electron chi connectivity index (χ2n) is 19.0. The fraction of sp³-hybridized carbons (Fsp3) is 0.893. The Balaban J connectivity index is 4.51. The van der Waals surface area contributed by atoms with Crippen LogP contribution in [0.1, 0.15) is 297 Å². The smallest absolute Gasteiger partial charge is 0.306 e. The maximum atomic E-state index is 13.2. The number of carbonyl (C=O) groups is 2. The molecule has 3 N–H and O–H groups in total. The maximum absolute atomic E-state index is 13.2. The minimum absolute atomic E-state index is 0.0679. The van der Waals surface area contributed by atoms with Gasteiger partial charge in [-0.25, -0.2) is 0 Å². The zero-order valence-corrected chi connectivity index (χ0v) is 41.8. The molecule has 0 bridgehead atoms. The van der Waals surface area contributed by atoms with Crippen LogP contribution in [-0.2, 0) is 14.3 Å². The molecule has 0 rings (SSSR count). The summed E-state index contributed by atoms with van der Waals surface area (Å²) in [5, 5.41) is 23.8. The Kier molecular flexibility index (Phi) is 49.0. The van der Waals surface area contributed by atoms with E-state index in [1.165, 1.54) is 186 Å². The Bertz CT molecular complexity index is 981. The standard InChI is InChI=1S/C56H107NO5/c1-4-7-10-13-16-19-22-25-27-28-29-31-33-36-39-42-45-48-54(59)53(51-58)57-55(60)50-52(47-44-41-38-35-32-30-26-23-20-17-14-11-8-5-2)62-56(61)49-46-43-40-37-34-24-21-18-15-12-9-6-3/h18,21,30,32,52-54,58-59H,4-17,19-20,22-29,31,33-51H2,1-3H3,(H,57,60)/b21-18-,32-30+. The summed E-state index contributed by atoms with van der Waals surface area (Å²) in [7, 11) is 0. The normalized spacial score (nSPS) is 13.3. The lowest BCUT2D eigenvalue weighted by molar-refractivity contribution is -0.151. The van der Waals surface area contributed by atoms with E-state index in [0.717, 1.165) is 64.2 Å². The van der Waals surface area contributed by atoms with Crippen molar-refractivity contribution in [2.75, 3.05) is 6.61 Å². The zero-order chi connectivity index (χ0) is 45.2. The second-order valence-corrected chi connectivity index (χ2v) is 19.0. The van der Waals surface area contributed by atoms with Crippen LogP contribution in [0.3, 0.4) is 0 Å². The quantitative estimate of drug-likeness (QED) is 0.0321. The van der Waals surface area contributed by atoms with E-state index in [1.54, 1.807) is 0 Å². The number of ether oxygens (including phenoxy) is 1. The lowest BCUT2D eigenvalue weighted by Crippen LogP contribution is -2.46. The summed E-state index contributed by atoms with van der Waals surface area (Å²) in [6.07, 6.45) is 58.1. The summed E-state index contributed by atoms with van der Waals surface area (Å²) in [6.45, 7) is 6.48. The van der Waals surface area contributed by atoms with E-state index in [2.05, 4.69) is 50.4 Å². The highest BCUT2D eigenvalue weighted by Gasteiger charge is 2.24. The van der Waals surface area contributed by atoms with Gasteiger partial charge in [-0.05, 0) is 77.0 Å². The molecular weight excluding hydrogens is 767 g/mol. The summed E-state index contributed by atoms with van der Waals surface area (Å²) in [5.74, 6) is -0.486. The summed E-state index contributed by atoms with van der Waals surface area (Å²) in [5.41, 5.74) is 0. The van der Waals surface area contributed by atoms with E-state index in [1.807, 2.05) is 0 Å². The molecule has 3 atom stereocenters. The van der Waals surface area contributed by atoms with E-state index >= 15 is 0 Å². The van der Waals surface area contributed by atoms with E-state index in [0.29, 0.717) is 19.3 Å². The van der Waals surface area contributed by atoms with E-state index in [-0.39, 0.29) is 24.9 Å². The minimum Gasteiger partial charge on any atom is -0.462 e. The predicted octanol–water partition coefficient (Wildman–Crippen LogP) is 16.7. The zero-order valence-electron chi connectivity index (χ0n) is 41.8. The third kappa shape index (κ3) is 44.9. The Morgan fingerprint density at radius 2 is 0.774 bits per heavy atom. The van der Waals surface area contributed by atoms with Gasteiger partial charge in [0.15, 0.2) is 0 Å². The van der Waals surface area contributed by atoms with Gasteiger partial charge in [0.05, 0.1) is 25.2 Å². The van der Waals surface area contributed by atoms with Crippen molar-refractivity contribution in [2.24, 2.45) is 0 Å². The SMILES string of the molecule is CCCCC/C=C\CCCCCCCC(=O)OC(CCCCC/C=C/CCCCCCCCC)CC(=O)NC(CO)C(O)CCCCCCCCCCCCCCCCCCC. The van der Waals surface area contributed by atoms with Crippen LogP contribution in [0.5, 0.6) is 0 Å². The Labute approximate surface area is 386 Å². The number of unbranched alkanes of at least 4 members (excludes halogenated alkanes) is 34. The van der Waals surface area contributed by atoms with Crippen molar-refractivity contribution in [3.05, 3.63) is 24.3 Å². The molecule has 1 amide bonds. The molecule has 0 aromatic carbocycles. The number of hydrogen-bond acceptors (Lipinski definition) is 5. The molecule has 6 heteroatoms. The van der Waals surface area contributed by atoms with Gasteiger partial charge in [-0.3, -0.25) is 9.59 Å². The molecule has 3 unspecified atom stereocenters. The van der Waals surface area contributed by atoms with Crippen LogP contribution >= 0.6 is 0 Å². The van der Waals surface area contributed by atoms with Crippen molar-refractivity contribution >= 4 is 11.9 Å². The number of allylic oxidation sites excluding steroid dienone is 4. The molecule has 0 aromatic heterocycles. The molecule has 0 fully saturated rings. The van der Waals surface area contributed by atoms with Crippen LogP contribution in [0.25, 0.3) is 0 Å². The van der Waals surface area contributed by atoms with Gasteiger partial charge in [-0.15, -0.1) is 0 Å². The second kappa shape index (κ2) is 50.3. The first-order valence-electron chi connectivity index (χ1n) is 27.6. The van der Waals surface area contributed by atoms with Gasteiger partial charge in [0.1, 0.15) is 6.10 Å². The van der Waals surface area contributed by atoms with Gasteiger partial charge in [0.25, 0.3) is 0 Å².